The van der Waals surface area contributed by atoms with Gasteiger partial charge in [-0.25, -0.2) is 9.35 Å². The minimum absolute atomic E-state index is 1.21. The molecule has 0 saturated carbocycles. The lowest BCUT2D eigenvalue weighted by molar-refractivity contribution is 0.775. The fourth-order valence-corrected chi connectivity index (χ4v) is 6.60. The second kappa shape index (κ2) is 7.24. The summed E-state index contributed by atoms with van der Waals surface area (Å²) in [5.74, 6) is 0. The van der Waals surface area contributed by atoms with E-state index in [-0.39, 0.29) is 0 Å². The molecule has 9 rings (SSSR count). The molecule has 38 heavy (non-hydrogen) atoms. The van der Waals surface area contributed by atoms with E-state index in [1.54, 1.807) is 0 Å². The average Bonchev–Trinajstić information content (AvgIpc) is 3.47. The predicted octanol–water partition coefficient (Wildman–Crippen LogP) is 9.67. The van der Waals surface area contributed by atoms with Crippen LogP contribution in [0, 0.1) is 0 Å². The number of aromatic nitrogens is 2. The summed E-state index contributed by atoms with van der Waals surface area (Å²) >= 11 is 0. The van der Waals surface area contributed by atoms with E-state index >= 15 is 0 Å². The fraction of sp³-hybridized carbons (Fsp3) is 0. The minimum Gasteiger partial charge on any atom is -0.248 e. The van der Waals surface area contributed by atoms with Crippen molar-refractivity contribution in [3.63, 3.8) is 0 Å². The van der Waals surface area contributed by atoms with Gasteiger partial charge in [-0.15, -0.1) is 0 Å². The highest BCUT2D eigenvalue weighted by atomic mass is 15.5. The summed E-state index contributed by atoms with van der Waals surface area (Å²) in [5, 5.41) is 12.8. The van der Waals surface area contributed by atoms with Crippen LogP contribution >= 0.6 is 0 Å². The molecule has 2 heterocycles. The molecule has 9 aromatic rings. The van der Waals surface area contributed by atoms with Crippen LogP contribution in [0.3, 0.4) is 0 Å². The second-order valence-corrected chi connectivity index (χ2v) is 10.2. The highest BCUT2D eigenvalue weighted by molar-refractivity contribution is 6.22. The van der Waals surface area contributed by atoms with Gasteiger partial charge in [-0.1, -0.05) is 103 Å². The fourth-order valence-electron chi connectivity index (χ4n) is 6.60. The topological polar surface area (TPSA) is 9.86 Å². The summed E-state index contributed by atoms with van der Waals surface area (Å²) in [6.07, 6.45) is 0. The Hall–Kier alpha value is -5.08. The normalized spacial score (nSPS) is 12.2. The monoisotopic (exact) mass is 482 g/mol. The van der Waals surface area contributed by atoms with Crippen molar-refractivity contribution in [1.82, 2.24) is 9.35 Å². The van der Waals surface area contributed by atoms with Crippen LogP contribution in [-0.2, 0) is 0 Å². The lowest BCUT2D eigenvalue weighted by atomic mass is 9.96. The minimum atomic E-state index is 1.21. The van der Waals surface area contributed by atoms with Gasteiger partial charge in [-0.05, 0) is 62.6 Å². The largest absolute Gasteiger partial charge is 0.248 e. The molecule has 0 aliphatic rings. The summed E-state index contributed by atoms with van der Waals surface area (Å²) in [7, 11) is 0. The van der Waals surface area contributed by atoms with Gasteiger partial charge in [-0.2, -0.15) is 0 Å². The Morgan fingerprint density at radius 1 is 0.263 bits per heavy atom. The first kappa shape index (κ1) is 20.0. The molecule has 2 aromatic heterocycles. The van der Waals surface area contributed by atoms with Crippen molar-refractivity contribution in [2.24, 2.45) is 0 Å². The van der Waals surface area contributed by atoms with E-state index in [0.717, 1.165) is 0 Å². The molecular weight excluding hydrogens is 460 g/mol. The van der Waals surface area contributed by atoms with Crippen molar-refractivity contribution < 1.29 is 0 Å². The number of rotatable bonds is 1. The quantitative estimate of drug-likeness (QED) is 0.206. The number of hydrogen-bond acceptors (Lipinski definition) is 0. The van der Waals surface area contributed by atoms with Crippen LogP contribution < -0.4 is 0 Å². The van der Waals surface area contributed by atoms with Gasteiger partial charge in [0.2, 0.25) is 0 Å². The molecule has 2 nitrogen and oxygen atoms in total. The smallest absolute Gasteiger partial charge is 0.0722 e. The van der Waals surface area contributed by atoms with Crippen molar-refractivity contribution in [3.05, 3.63) is 133 Å². The van der Waals surface area contributed by atoms with E-state index in [4.69, 9.17) is 0 Å². The molecule has 0 amide bonds. The Balaban J connectivity index is 1.48. The number of benzene rings is 7. The average molecular weight is 483 g/mol. The van der Waals surface area contributed by atoms with Crippen LogP contribution in [0.4, 0.5) is 0 Å². The van der Waals surface area contributed by atoms with Gasteiger partial charge in [-0.3, -0.25) is 0 Å². The van der Waals surface area contributed by atoms with Gasteiger partial charge in [0.25, 0.3) is 0 Å². The second-order valence-electron chi connectivity index (χ2n) is 10.2. The van der Waals surface area contributed by atoms with Crippen LogP contribution in [0.1, 0.15) is 0 Å². The molecule has 0 unspecified atom stereocenters. The molecule has 176 valence electrons. The van der Waals surface area contributed by atoms with E-state index in [0.29, 0.717) is 0 Å². The van der Waals surface area contributed by atoms with Crippen molar-refractivity contribution in [3.8, 4) is 0 Å². The van der Waals surface area contributed by atoms with Gasteiger partial charge in [0, 0.05) is 21.5 Å². The molecule has 0 fully saturated rings. The van der Waals surface area contributed by atoms with Crippen molar-refractivity contribution in [1.29, 1.82) is 0 Å². The Kier molecular flexibility index (Phi) is 3.82. The Labute approximate surface area is 218 Å². The third-order valence-corrected chi connectivity index (χ3v) is 8.26. The Bertz CT molecular complexity index is 2350. The van der Waals surface area contributed by atoms with Gasteiger partial charge < -0.3 is 0 Å². The summed E-state index contributed by atoms with van der Waals surface area (Å²) < 4.78 is 4.81. The van der Waals surface area contributed by atoms with Crippen molar-refractivity contribution >= 4 is 75.9 Å². The Morgan fingerprint density at radius 2 is 0.737 bits per heavy atom. The van der Waals surface area contributed by atoms with E-state index in [1.165, 1.54) is 75.9 Å². The molecular formula is C36H22N2. The third-order valence-electron chi connectivity index (χ3n) is 8.26. The molecule has 0 bridgehead atoms. The van der Waals surface area contributed by atoms with Crippen molar-refractivity contribution in [2.75, 3.05) is 0 Å². The first-order chi connectivity index (χ1) is 18.9. The van der Waals surface area contributed by atoms with Crippen LogP contribution in [-0.4, -0.2) is 9.35 Å². The predicted molar refractivity (Wildman–Crippen MR) is 162 cm³/mol. The van der Waals surface area contributed by atoms with Crippen molar-refractivity contribution in [2.45, 2.75) is 0 Å². The number of para-hydroxylation sites is 3. The molecule has 7 aromatic carbocycles. The van der Waals surface area contributed by atoms with Gasteiger partial charge >= 0.3 is 0 Å². The molecule has 2 heteroatoms. The van der Waals surface area contributed by atoms with Gasteiger partial charge in [0.1, 0.15) is 0 Å². The zero-order valence-corrected chi connectivity index (χ0v) is 20.6. The standard InChI is InChI=1S/C36H22N2/c1-2-10-25-23(9-1)17-19-27-26(25)20-18-24-21-36-32(22-31(24)27)30-13-5-8-16-35(30)38(36)37-33-14-6-3-11-28(33)29-12-4-7-15-34(29)37/h1-22H. The molecule has 0 radical (unpaired) electrons. The van der Waals surface area contributed by atoms with Crippen LogP contribution in [0.15, 0.2) is 133 Å². The lowest BCUT2D eigenvalue weighted by Crippen LogP contribution is -2.08. The highest BCUT2D eigenvalue weighted by Gasteiger charge is 2.18. The molecule has 0 N–H and O–H groups in total. The summed E-state index contributed by atoms with van der Waals surface area (Å²) in [5.41, 5.74) is 4.84. The van der Waals surface area contributed by atoms with Crippen LogP contribution in [0.25, 0.3) is 75.9 Å². The van der Waals surface area contributed by atoms with E-state index in [2.05, 4.69) is 143 Å². The number of fused-ring (bicyclic) bond motifs is 11. The molecule has 0 spiro atoms. The highest BCUT2D eigenvalue weighted by Crippen LogP contribution is 2.39. The Morgan fingerprint density at radius 3 is 1.39 bits per heavy atom. The maximum atomic E-state index is 2.42. The zero-order chi connectivity index (χ0) is 24.8. The number of hydrogen-bond donors (Lipinski definition) is 0. The first-order valence-electron chi connectivity index (χ1n) is 13.1. The molecule has 0 atom stereocenters. The van der Waals surface area contributed by atoms with E-state index in [9.17, 15) is 0 Å². The maximum Gasteiger partial charge on any atom is 0.0722 e. The van der Waals surface area contributed by atoms with E-state index in [1.807, 2.05) is 0 Å². The zero-order valence-electron chi connectivity index (χ0n) is 20.6. The first-order valence-corrected chi connectivity index (χ1v) is 13.1. The molecule has 0 aliphatic carbocycles. The third kappa shape index (κ3) is 2.51. The lowest BCUT2D eigenvalue weighted by Gasteiger charge is -2.14. The summed E-state index contributed by atoms with van der Waals surface area (Å²) in [4.78, 5) is 0. The van der Waals surface area contributed by atoms with E-state index < -0.39 is 0 Å². The summed E-state index contributed by atoms with van der Waals surface area (Å²) in [6, 6.07) is 48.8. The van der Waals surface area contributed by atoms with Gasteiger partial charge in [0.05, 0.1) is 22.1 Å². The van der Waals surface area contributed by atoms with Crippen LogP contribution in [0.5, 0.6) is 0 Å². The van der Waals surface area contributed by atoms with Gasteiger partial charge in [0.15, 0.2) is 0 Å². The molecule has 0 aliphatic heterocycles. The SMILES string of the molecule is c1ccc2c(c1)ccc1c3cc4c5ccccc5n(-n5c6ccccc6c6ccccc65)c4cc3ccc21. The summed E-state index contributed by atoms with van der Waals surface area (Å²) in [6.45, 7) is 0. The van der Waals surface area contributed by atoms with Crippen LogP contribution in [0.2, 0.25) is 0 Å². The maximum absolute atomic E-state index is 2.42. The number of nitrogens with zero attached hydrogens (tertiary/aromatic N) is 2. The molecule has 0 saturated heterocycles.